The van der Waals surface area contributed by atoms with Crippen molar-refractivity contribution in [1.29, 1.82) is 0 Å². The van der Waals surface area contributed by atoms with Crippen molar-refractivity contribution in [1.82, 2.24) is 10.6 Å². The molecule has 144 valence electrons. The summed E-state index contributed by atoms with van der Waals surface area (Å²) >= 11 is 0. The molecule has 1 aromatic carbocycles. The van der Waals surface area contributed by atoms with Crippen LogP contribution in [0, 0.1) is 18.8 Å². The lowest BCUT2D eigenvalue weighted by atomic mass is 10.0. The molecule has 3 N–H and O–H groups in total. The molecule has 2 atom stereocenters. The van der Waals surface area contributed by atoms with Crippen LogP contribution in [0.25, 0.3) is 0 Å². The molecule has 1 amide bonds. The zero-order valence-corrected chi connectivity index (χ0v) is 17.4. The lowest BCUT2D eigenvalue weighted by Crippen LogP contribution is -2.28. The molecule has 0 aliphatic carbocycles. The van der Waals surface area contributed by atoms with Crippen LogP contribution in [0.1, 0.15) is 49.5 Å². The molecule has 4 nitrogen and oxygen atoms in total. The van der Waals surface area contributed by atoms with Gasteiger partial charge in [-0.2, -0.15) is 0 Å². The van der Waals surface area contributed by atoms with Gasteiger partial charge in [0, 0.05) is 23.8 Å². The van der Waals surface area contributed by atoms with Crippen LogP contribution >= 0.6 is 24.8 Å². The third kappa shape index (κ3) is 7.04. The van der Waals surface area contributed by atoms with E-state index in [-0.39, 0.29) is 30.7 Å². The molecule has 1 aliphatic heterocycles. The van der Waals surface area contributed by atoms with Gasteiger partial charge in [-0.1, -0.05) is 19.9 Å². The summed E-state index contributed by atoms with van der Waals surface area (Å²) in [5, 5.41) is 9.96. The predicted octanol–water partition coefficient (Wildman–Crippen LogP) is 4.02. The average Bonchev–Trinajstić information content (AvgIpc) is 3.02. The van der Waals surface area contributed by atoms with E-state index in [0.717, 1.165) is 42.9 Å². The van der Waals surface area contributed by atoms with Crippen molar-refractivity contribution in [3.63, 3.8) is 0 Å². The topological polar surface area (TPSA) is 53.2 Å². The molecule has 25 heavy (non-hydrogen) atoms. The largest absolute Gasteiger partial charge is 0.382 e. The molecule has 0 saturated carbocycles. The lowest BCUT2D eigenvalue weighted by molar-refractivity contribution is 0.0951. The van der Waals surface area contributed by atoms with Gasteiger partial charge in [0.15, 0.2) is 0 Å². The first-order valence-corrected chi connectivity index (χ1v) is 8.84. The molecule has 1 saturated heterocycles. The van der Waals surface area contributed by atoms with E-state index < -0.39 is 0 Å². The van der Waals surface area contributed by atoms with Crippen molar-refractivity contribution in [2.45, 2.75) is 46.6 Å². The zero-order valence-electron chi connectivity index (χ0n) is 15.7. The van der Waals surface area contributed by atoms with Gasteiger partial charge in [0.05, 0.1) is 0 Å². The van der Waals surface area contributed by atoms with Gasteiger partial charge in [-0.15, -0.1) is 24.8 Å². The first kappa shape index (κ1) is 24.0. The Morgan fingerprint density at radius 1 is 1.28 bits per heavy atom. The van der Waals surface area contributed by atoms with E-state index in [1.807, 2.05) is 19.1 Å². The van der Waals surface area contributed by atoms with Crippen molar-refractivity contribution in [3.8, 4) is 0 Å². The molecule has 6 heteroatoms. The number of benzene rings is 1. The highest BCUT2D eigenvalue weighted by Gasteiger charge is 2.16. The van der Waals surface area contributed by atoms with Crippen LogP contribution in [0.4, 0.5) is 5.69 Å². The Hall–Kier alpha value is -0.970. The molecule has 0 spiro atoms. The predicted molar refractivity (Wildman–Crippen MR) is 112 cm³/mol. The molecule has 2 rings (SSSR count). The first-order valence-electron chi connectivity index (χ1n) is 8.84. The number of amides is 1. The summed E-state index contributed by atoms with van der Waals surface area (Å²) in [6.45, 7) is 11.5. The van der Waals surface area contributed by atoms with Crippen molar-refractivity contribution in [2.24, 2.45) is 11.8 Å². The van der Waals surface area contributed by atoms with Gasteiger partial charge in [-0.05, 0) is 69.3 Å². The highest BCUT2D eigenvalue weighted by atomic mass is 35.5. The number of hydrogen-bond acceptors (Lipinski definition) is 3. The second-order valence-corrected chi connectivity index (χ2v) is 7.06. The Labute approximate surface area is 164 Å². The molecule has 0 aromatic heterocycles. The highest BCUT2D eigenvalue weighted by molar-refractivity contribution is 5.97. The van der Waals surface area contributed by atoms with E-state index in [2.05, 4.69) is 42.8 Å². The molecule has 1 heterocycles. The van der Waals surface area contributed by atoms with Gasteiger partial charge in [0.25, 0.3) is 5.91 Å². The van der Waals surface area contributed by atoms with Crippen LogP contribution in [-0.4, -0.2) is 31.6 Å². The van der Waals surface area contributed by atoms with Gasteiger partial charge in [0.2, 0.25) is 0 Å². The van der Waals surface area contributed by atoms with Crippen LogP contribution in [0.5, 0.6) is 0 Å². The SMILES string of the molecule is Cc1c(NC(C)C(C)C)cccc1C(=O)NCCC1CCNC1.Cl.Cl. The third-order valence-electron chi connectivity index (χ3n) is 4.96. The minimum atomic E-state index is 0. The summed E-state index contributed by atoms with van der Waals surface area (Å²) in [5.41, 5.74) is 2.86. The van der Waals surface area contributed by atoms with E-state index in [1.54, 1.807) is 0 Å². The second-order valence-electron chi connectivity index (χ2n) is 7.06. The summed E-state index contributed by atoms with van der Waals surface area (Å²) in [5.74, 6) is 1.29. The van der Waals surface area contributed by atoms with E-state index in [0.29, 0.717) is 17.9 Å². The number of halogens is 2. The maximum Gasteiger partial charge on any atom is 0.251 e. The Bertz CT molecular complexity index is 531. The van der Waals surface area contributed by atoms with Crippen LogP contribution in [0.2, 0.25) is 0 Å². The standard InChI is InChI=1S/C19H31N3O.2ClH/c1-13(2)15(4)22-18-7-5-6-17(14(18)3)19(23)21-11-9-16-8-10-20-12-16;;/h5-7,13,15-16,20,22H,8-12H2,1-4H3,(H,21,23);2*1H. The minimum absolute atomic E-state index is 0. The fourth-order valence-electron chi connectivity index (χ4n) is 2.90. The average molecular weight is 390 g/mol. The fourth-order valence-corrected chi connectivity index (χ4v) is 2.90. The van der Waals surface area contributed by atoms with E-state index in [4.69, 9.17) is 0 Å². The van der Waals surface area contributed by atoms with Crippen molar-refractivity contribution < 1.29 is 4.79 Å². The second kappa shape index (κ2) is 11.6. The number of nitrogens with one attached hydrogen (secondary N) is 3. The number of carbonyl (C=O) groups excluding carboxylic acids is 1. The van der Waals surface area contributed by atoms with Gasteiger partial charge in [0.1, 0.15) is 0 Å². The minimum Gasteiger partial charge on any atom is -0.382 e. The number of carbonyl (C=O) groups is 1. The van der Waals surface area contributed by atoms with E-state index in [9.17, 15) is 4.79 Å². The Morgan fingerprint density at radius 3 is 2.60 bits per heavy atom. The molecule has 2 unspecified atom stereocenters. The molecule has 0 bridgehead atoms. The van der Waals surface area contributed by atoms with Gasteiger partial charge < -0.3 is 16.0 Å². The van der Waals surface area contributed by atoms with Crippen LogP contribution in [0.15, 0.2) is 18.2 Å². The summed E-state index contributed by atoms with van der Waals surface area (Å²) in [4.78, 5) is 12.5. The van der Waals surface area contributed by atoms with E-state index in [1.165, 1.54) is 6.42 Å². The van der Waals surface area contributed by atoms with Crippen LogP contribution < -0.4 is 16.0 Å². The molecule has 1 aliphatic rings. The normalized spacial score (nSPS) is 17.4. The maximum atomic E-state index is 12.5. The van der Waals surface area contributed by atoms with Crippen molar-refractivity contribution in [3.05, 3.63) is 29.3 Å². The first-order chi connectivity index (χ1) is 11.0. The monoisotopic (exact) mass is 389 g/mol. The quantitative estimate of drug-likeness (QED) is 0.659. The zero-order chi connectivity index (χ0) is 16.8. The number of rotatable bonds is 7. The number of hydrogen-bond donors (Lipinski definition) is 3. The molecule has 0 radical (unpaired) electrons. The molecule has 1 fully saturated rings. The molecular formula is C19H33Cl2N3O. The van der Waals surface area contributed by atoms with Gasteiger partial charge >= 0.3 is 0 Å². The fraction of sp³-hybridized carbons (Fsp3) is 0.632. The van der Waals surface area contributed by atoms with Gasteiger partial charge in [-0.25, -0.2) is 0 Å². The molecular weight excluding hydrogens is 357 g/mol. The smallest absolute Gasteiger partial charge is 0.251 e. The third-order valence-corrected chi connectivity index (χ3v) is 4.96. The van der Waals surface area contributed by atoms with Crippen molar-refractivity contribution >= 4 is 36.4 Å². The van der Waals surface area contributed by atoms with Crippen LogP contribution in [0.3, 0.4) is 0 Å². The lowest BCUT2D eigenvalue weighted by Gasteiger charge is -2.21. The highest BCUT2D eigenvalue weighted by Crippen LogP contribution is 2.21. The van der Waals surface area contributed by atoms with Gasteiger partial charge in [-0.3, -0.25) is 4.79 Å². The summed E-state index contributed by atoms with van der Waals surface area (Å²) in [6.07, 6.45) is 2.28. The summed E-state index contributed by atoms with van der Waals surface area (Å²) in [6, 6.07) is 6.29. The summed E-state index contributed by atoms with van der Waals surface area (Å²) < 4.78 is 0. The molecule has 1 aromatic rings. The number of anilines is 1. The van der Waals surface area contributed by atoms with Crippen molar-refractivity contribution in [2.75, 3.05) is 25.0 Å². The maximum absolute atomic E-state index is 12.5. The Morgan fingerprint density at radius 2 is 2.00 bits per heavy atom. The Balaban J connectivity index is 0.00000288. The Kier molecular flexibility index (Phi) is 11.2. The van der Waals surface area contributed by atoms with E-state index >= 15 is 0 Å². The van der Waals surface area contributed by atoms with Crippen LogP contribution in [-0.2, 0) is 0 Å². The summed E-state index contributed by atoms with van der Waals surface area (Å²) in [7, 11) is 0.